The number of carbonyl (C=O) groups is 3. The fourth-order valence-corrected chi connectivity index (χ4v) is 7.13. The Kier molecular flexibility index (Phi) is 4.68. The molecule has 1 aliphatic carbocycles. The van der Waals surface area contributed by atoms with Crippen LogP contribution in [0.1, 0.15) is 48.3 Å². The van der Waals surface area contributed by atoms with Crippen LogP contribution < -0.4 is 4.90 Å². The van der Waals surface area contributed by atoms with Gasteiger partial charge in [-0.3, -0.25) is 19.4 Å². The van der Waals surface area contributed by atoms with Gasteiger partial charge in [0, 0.05) is 28.3 Å². The van der Waals surface area contributed by atoms with E-state index in [-0.39, 0.29) is 17.3 Å². The topological polar surface area (TPSA) is 80.5 Å². The molecule has 0 saturated carbocycles. The van der Waals surface area contributed by atoms with E-state index in [0.29, 0.717) is 28.0 Å². The van der Waals surface area contributed by atoms with Crippen molar-refractivity contribution >= 4 is 40.0 Å². The van der Waals surface area contributed by atoms with Crippen molar-refractivity contribution in [2.75, 3.05) is 4.90 Å². The number of rotatable bonds is 3. The lowest BCUT2D eigenvalue weighted by Crippen LogP contribution is -2.48. The summed E-state index contributed by atoms with van der Waals surface area (Å²) in [5.74, 6) is -1.19. The van der Waals surface area contributed by atoms with E-state index in [2.05, 4.69) is 0 Å². The third-order valence-corrected chi connectivity index (χ3v) is 8.71. The van der Waals surface area contributed by atoms with Gasteiger partial charge in [-0.05, 0) is 23.8 Å². The van der Waals surface area contributed by atoms with E-state index >= 15 is 0 Å². The SMILES string of the molecule is O=C(c1ccccc1)[C@H]1[C@H](c2ccco2)C2(C(=O)c3ccccc3C2=O)[C@H]2C=Cc3ccc4cccnc4c3N12. The Morgan fingerprint density at radius 1 is 0.825 bits per heavy atom. The molecule has 4 heterocycles. The van der Waals surface area contributed by atoms with Crippen molar-refractivity contribution in [3.63, 3.8) is 0 Å². The molecule has 0 radical (unpaired) electrons. The molecule has 0 amide bonds. The van der Waals surface area contributed by atoms with Crippen molar-refractivity contribution in [1.82, 2.24) is 4.98 Å². The molecule has 2 aliphatic heterocycles. The predicted molar refractivity (Wildman–Crippen MR) is 151 cm³/mol. The smallest absolute Gasteiger partial charge is 0.186 e. The quantitative estimate of drug-likeness (QED) is 0.209. The van der Waals surface area contributed by atoms with Gasteiger partial charge in [0.2, 0.25) is 0 Å². The van der Waals surface area contributed by atoms with Crippen molar-refractivity contribution in [2.45, 2.75) is 18.0 Å². The summed E-state index contributed by atoms with van der Waals surface area (Å²) >= 11 is 0. The lowest BCUT2D eigenvalue weighted by molar-refractivity contribution is 0.0652. The Bertz CT molecular complexity index is 1860. The van der Waals surface area contributed by atoms with Gasteiger partial charge in [0.25, 0.3) is 0 Å². The first-order valence-corrected chi connectivity index (χ1v) is 13.3. The van der Waals surface area contributed by atoms with E-state index in [1.807, 2.05) is 59.5 Å². The number of fused-ring (bicyclic) bond motifs is 7. The first-order chi connectivity index (χ1) is 19.6. The van der Waals surface area contributed by atoms with Gasteiger partial charge in [0.15, 0.2) is 17.3 Å². The molecular weight excluding hydrogens is 500 g/mol. The standard InChI is InChI=1S/C34H22N2O4/c37-31(22-8-2-1-3-9-22)30-27(25-13-7-19-40-25)34(32(38)23-11-4-5-12-24(23)33(34)39)26-17-16-21-15-14-20-10-6-18-35-28(20)29(21)36(26)30/h1-19,26-27,30H/t26-,27+,30-/m1/s1. The largest absolute Gasteiger partial charge is 0.469 e. The van der Waals surface area contributed by atoms with Crippen molar-refractivity contribution in [3.05, 3.63) is 138 Å². The Hall–Kier alpha value is -5.10. The summed E-state index contributed by atoms with van der Waals surface area (Å²) in [5, 5.41) is 0.907. The van der Waals surface area contributed by atoms with Gasteiger partial charge >= 0.3 is 0 Å². The van der Waals surface area contributed by atoms with Crippen LogP contribution in [0.15, 0.2) is 114 Å². The van der Waals surface area contributed by atoms with E-state index in [9.17, 15) is 14.4 Å². The van der Waals surface area contributed by atoms with Gasteiger partial charge in [-0.15, -0.1) is 0 Å². The summed E-state index contributed by atoms with van der Waals surface area (Å²) < 4.78 is 5.97. The Labute approximate surface area is 229 Å². The summed E-state index contributed by atoms with van der Waals surface area (Å²) in [4.78, 5) is 50.6. The van der Waals surface area contributed by atoms with Crippen LogP contribution >= 0.6 is 0 Å². The lowest BCUT2D eigenvalue weighted by Gasteiger charge is -2.37. The first-order valence-electron chi connectivity index (χ1n) is 13.3. The van der Waals surface area contributed by atoms with Crippen LogP contribution in [0.2, 0.25) is 0 Å². The second kappa shape index (κ2) is 8.20. The number of Topliss-reactive ketones (excluding diaryl/α,β-unsaturated/α-hetero) is 3. The van der Waals surface area contributed by atoms with Crippen molar-refractivity contribution in [1.29, 1.82) is 0 Å². The molecule has 3 atom stereocenters. The van der Waals surface area contributed by atoms with Crippen LogP contribution in [-0.2, 0) is 0 Å². The van der Waals surface area contributed by atoms with Crippen LogP contribution in [0.25, 0.3) is 17.0 Å². The van der Waals surface area contributed by atoms with Crippen LogP contribution in [0.5, 0.6) is 0 Å². The number of ketones is 3. The molecule has 3 aliphatic rings. The number of hydrogen-bond donors (Lipinski definition) is 0. The zero-order chi connectivity index (χ0) is 27.0. The second-order valence-electron chi connectivity index (χ2n) is 10.5. The molecule has 192 valence electrons. The Morgan fingerprint density at radius 3 is 2.30 bits per heavy atom. The molecule has 40 heavy (non-hydrogen) atoms. The number of carbonyl (C=O) groups excluding carboxylic acids is 3. The summed E-state index contributed by atoms with van der Waals surface area (Å²) in [6.45, 7) is 0. The van der Waals surface area contributed by atoms with E-state index in [4.69, 9.17) is 9.40 Å². The molecule has 0 bridgehead atoms. The maximum Gasteiger partial charge on any atom is 0.186 e. The fourth-order valence-electron chi connectivity index (χ4n) is 7.13. The highest BCUT2D eigenvalue weighted by molar-refractivity contribution is 6.32. The van der Waals surface area contributed by atoms with Crippen LogP contribution in [-0.4, -0.2) is 34.4 Å². The highest BCUT2D eigenvalue weighted by atomic mass is 16.3. The molecule has 6 heteroatoms. The minimum atomic E-state index is -1.60. The predicted octanol–water partition coefficient (Wildman–Crippen LogP) is 6.14. The Balaban J connectivity index is 1.48. The van der Waals surface area contributed by atoms with Crippen molar-refractivity contribution in [2.24, 2.45) is 5.41 Å². The molecule has 6 nitrogen and oxygen atoms in total. The lowest BCUT2D eigenvalue weighted by atomic mass is 9.65. The first kappa shape index (κ1) is 22.8. The van der Waals surface area contributed by atoms with Crippen LogP contribution in [0.3, 0.4) is 0 Å². The minimum Gasteiger partial charge on any atom is -0.469 e. The van der Waals surface area contributed by atoms with Crippen LogP contribution in [0.4, 0.5) is 5.69 Å². The maximum atomic E-state index is 14.6. The van der Waals surface area contributed by atoms with E-state index < -0.39 is 23.4 Å². The number of hydrogen-bond acceptors (Lipinski definition) is 6. The normalized spacial score (nSPS) is 22.0. The summed E-state index contributed by atoms with van der Waals surface area (Å²) in [6, 6.07) is 25.7. The highest BCUT2D eigenvalue weighted by Gasteiger charge is 2.72. The zero-order valence-corrected chi connectivity index (χ0v) is 21.2. The van der Waals surface area contributed by atoms with Gasteiger partial charge in [0.05, 0.1) is 29.4 Å². The summed E-state index contributed by atoms with van der Waals surface area (Å²) in [7, 11) is 0. The molecule has 1 saturated heterocycles. The molecule has 8 rings (SSSR count). The number of pyridine rings is 1. The Morgan fingerprint density at radius 2 is 1.57 bits per heavy atom. The molecular formula is C34H22N2O4. The molecule has 1 fully saturated rings. The summed E-state index contributed by atoms with van der Waals surface area (Å²) in [6.07, 6.45) is 7.11. The molecule has 5 aromatic rings. The highest BCUT2D eigenvalue weighted by Crippen LogP contribution is 2.61. The van der Waals surface area contributed by atoms with Crippen LogP contribution in [0, 0.1) is 5.41 Å². The van der Waals surface area contributed by atoms with Crippen molar-refractivity contribution in [3.8, 4) is 0 Å². The number of furan rings is 1. The minimum absolute atomic E-state index is 0.186. The third kappa shape index (κ3) is 2.77. The van der Waals surface area contributed by atoms with Gasteiger partial charge < -0.3 is 9.32 Å². The number of aromatic nitrogens is 1. The molecule has 1 spiro atoms. The van der Waals surface area contributed by atoms with Gasteiger partial charge in [-0.1, -0.05) is 84.9 Å². The van der Waals surface area contributed by atoms with Crippen molar-refractivity contribution < 1.29 is 18.8 Å². The third-order valence-electron chi connectivity index (χ3n) is 8.71. The zero-order valence-electron chi connectivity index (χ0n) is 21.2. The number of nitrogens with zero attached hydrogens (tertiary/aromatic N) is 2. The monoisotopic (exact) mass is 522 g/mol. The average molecular weight is 523 g/mol. The average Bonchev–Trinajstić information content (AvgIpc) is 3.70. The second-order valence-corrected chi connectivity index (χ2v) is 10.5. The molecule has 0 N–H and O–H groups in total. The molecule has 0 unspecified atom stereocenters. The van der Waals surface area contributed by atoms with Gasteiger partial charge in [-0.2, -0.15) is 0 Å². The van der Waals surface area contributed by atoms with E-state index in [1.54, 1.807) is 54.7 Å². The van der Waals surface area contributed by atoms with E-state index in [0.717, 1.165) is 16.6 Å². The van der Waals surface area contributed by atoms with Gasteiger partial charge in [0.1, 0.15) is 17.2 Å². The number of benzene rings is 3. The van der Waals surface area contributed by atoms with Gasteiger partial charge in [-0.25, -0.2) is 0 Å². The fraction of sp³-hybridized carbons (Fsp3) is 0.118. The summed E-state index contributed by atoms with van der Waals surface area (Å²) in [5.41, 5.74) is 2.00. The van der Waals surface area contributed by atoms with E-state index in [1.165, 1.54) is 6.26 Å². The molecule has 2 aromatic heterocycles. The maximum absolute atomic E-state index is 14.6. The number of anilines is 1. The molecule has 3 aromatic carbocycles.